The first-order chi connectivity index (χ1) is 22.4. The molecule has 12 heteroatoms. The first kappa shape index (κ1) is 33.9. The molecule has 5 rings (SSSR count). The smallest absolute Gasteiger partial charge is 0.410 e. The fourth-order valence-corrected chi connectivity index (χ4v) is 6.47. The number of rotatable bonds is 7. The number of nitrogens with zero attached hydrogens (tertiary/aromatic N) is 5. The molecule has 2 unspecified atom stereocenters. The van der Waals surface area contributed by atoms with Gasteiger partial charge in [-0.25, -0.2) is 14.6 Å². The van der Waals surface area contributed by atoms with Crippen LogP contribution < -0.4 is 0 Å². The van der Waals surface area contributed by atoms with Crippen LogP contribution in [0.3, 0.4) is 0 Å². The van der Waals surface area contributed by atoms with Crippen LogP contribution in [0.2, 0.25) is 0 Å². The molecule has 0 saturated carbocycles. The summed E-state index contributed by atoms with van der Waals surface area (Å²) in [7, 11) is 2.84. The number of benzene rings is 2. The predicted molar refractivity (Wildman–Crippen MR) is 175 cm³/mol. The van der Waals surface area contributed by atoms with Crippen LogP contribution >= 0.6 is 0 Å². The number of aromatic nitrogens is 2. The van der Waals surface area contributed by atoms with Gasteiger partial charge in [-0.3, -0.25) is 4.79 Å². The Hall–Kier alpha value is -4.42. The highest BCUT2D eigenvalue weighted by atomic mass is 16.6. The number of aliphatic hydroxyl groups is 1. The summed E-state index contributed by atoms with van der Waals surface area (Å²) in [5.41, 5.74) is 0.507. The number of methoxy groups -OCH3 is 2. The van der Waals surface area contributed by atoms with E-state index >= 15 is 0 Å². The number of hydrogen-bond donors (Lipinski definition) is 1. The lowest BCUT2D eigenvalue weighted by atomic mass is 9.86. The highest BCUT2D eigenvalue weighted by Gasteiger charge is 2.46. The van der Waals surface area contributed by atoms with Gasteiger partial charge in [0.2, 0.25) is 0 Å². The maximum Gasteiger partial charge on any atom is 0.410 e. The lowest BCUT2D eigenvalue weighted by Crippen LogP contribution is -2.58. The van der Waals surface area contributed by atoms with Gasteiger partial charge in [0, 0.05) is 45.4 Å². The number of piperazine rings is 1. The van der Waals surface area contributed by atoms with E-state index in [1.807, 2.05) is 81.4 Å². The number of carbonyl (C=O) groups is 3. The first-order valence-corrected chi connectivity index (χ1v) is 15.9. The van der Waals surface area contributed by atoms with Crippen molar-refractivity contribution < 1.29 is 33.7 Å². The average molecular weight is 648 g/mol. The highest BCUT2D eigenvalue weighted by Crippen LogP contribution is 2.38. The van der Waals surface area contributed by atoms with Crippen molar-refractivity contribution in [2.45, 2.75) is 56.9 Å². The number of carbonyl (C=O) groups excluding carboxylic acids is 3. The molecule has 2 saturated heterocycles. The van der Waals surface area contributed by atoms with Crippen LogP contribution in [0.5, 0.6) is 0 Å². The van der Waals surface area contributed by atoms with Gasteiger partial charge in [-0.1, -0.05) is 60.7 Å². The molecule has 252 valence electrons. The van der Waals surface area contributed by atoms with Crippen molar-refractivity contribution >= 4 is 18.1 Å². The summed E-state index contributed by atoms with van der Waals surface area (Å²) < 4.78 is 17.9. The summed E-state index contributed by atoms with van der Waals surface area (Å²) in [6.45, 7) is 6.81. The Kier molecular flexibility index (Phi) is 10.2. The van der Waals surface area contributed by atoms with Gasteiger partial charge >= 0.3 is 12.2 Å². The molecule has 12 nitrogen and oxygen atoms in total. The van der Waals surface area contributed by atoms with Crippen molar-refractivity contribution in [3.05, 3.63) is 78.2 Å². The highest BCUT2D eigenvalue weighted by molar-refractivity contribution is 5.98. The number of imidazole rings is 1. The van der Waals surface area contributed by atoms with Crippen molar-refractivity contribution in [2.24, 2.45) is 0 Å². The molecule has 0 radical (unpaired) electrons. The van der Waals surface area contributed by atoms with E-state index in [4.69, 9.17) is 14.2 Å². The molecule has 2 fully saturated rings. The van der Waals surface area contributed by atoms with Crippen LogP contribution in [-0.2, 0) is 20.6 Å². The van der Waals surface area contributed by atoms with E-state index in [0.29, 0.717) is 25.2 Å². The predicted octanol–water partition coefficient (Wildman–Crippen LogP) is 4.25. The minimum absolute atomic E-state index is 0.0220. The van der Waals surface area contributed by atoms with E-state index in [1.54, 1.807) is 20.7 Å². The third-order valence-electron chi connectivity index (χ3n) is 8.74. The number of ether oxygens (including phenoxy) is 3. The molecule has 1 aromatic heterocycles. The zero-order valence-electron chi connectivity index (χ0n) is 27.8. The fourth-order valence-electron chi connectivity index (χ4n) is 6.47. The SMILES string of the molecule is COCC1(O)CCN(C(=O)OC)CC1n1cnc(C(=O)N2CCN(C(=O)OC(C)(C)C)C[C@H]2Cc2ccccc2)c1-c1ccccc1. The van der Waals surface area contributed by atoms with Crippen LogP contribution in [-0.4, -0.2) is 118 Å². The van der Waals surface area contributed by atoms with Gasteiger partial charge in [0.25, 0.3) is 5.91 Å². The Labute approximate surface area is 275 Å². The van der Waals surface area contributed by atoms with E-state index in [2.05, 4.69) is 4.98 Å². The molecule has 1 N–H and O–H groups in total. The Balaban J connectivity index is 1.54. The Morgan fingerprint density at radius 3 is 2.21 bits per heavy atom. The summed E-state index contributed by atoms with van der Waals surface area (Å²) in [5, 5.41) is 11.9. The number of likely N-dealkylation sites (tertiary alicyclic amines) is 1. The summed E-state index contributed by atoms with van der Waals surface area (Å²) in [5.74, 6) is -0.289. The lowest BCUT2D eigenvalue weighted by molar-refractivity contribution is -0.101. The van der Waals surface area contributed by atoms with Crippen molar-refractivity contribution in [3.8, 4) is 11.3 Å². The zero-order chi connectivity index (χ0) is 33.8. The third-order valence-corrected chi connectivity index (χ3v) is 8.74. The fraction of sp³-hybridized carbons (Fsp3) is 0.486. The minimum Gasteiger partial charge on any atom is -0.453 e. The van der Waals surface area contributed by atoms with Crippen LogP contribution in [0.25, 0.3) is 11.3 Å². The van der Waals surface area contributed by atoms with E-state index in [-0.39, 0.29) is 50.3 Å². The molecule has 2 aromatic carbocycles. The van der Waals surface area contributed by atoms with Crippen molar-refractivity contribution in [1.82, 2.24) is 24.3 Å². The van der Waals surface area contributed by atoms with Crippen LogP contribution in [0.1, 0.15) is 49.3 Å². The molecule has 3 aromatic rings. The number of amides is 3. The van der Waals surface area contributed by atoms with Gasteiger partial charge in [0.1, 0.15) is 11.2 Å². The largest absolute Gasteiger partial charge is 0.453 e. The van der Waals surface area contributed by atoms with Crippen LogP contribution in [0, 0.1) is 0 Å². The maximum absolute atomic E-state index is 14.6. The molecule has 47 heavy (non-hydrogen) atoms. The number of piperidine rings is 1. The van der Waals surface area contributed by atoms with Gasteiger partial charge in [-0.05, 0) is 39.2 Å². The van der Waals surface area contributed by atoms with Crippen molar-refractivity contribution in [3.63, 3.8) is 0 Å². The summed E-state index contributed by atoms with van der Waals surface area (Å²) in [4.78, 5) is 50.0. The normalized spacial score (nSPS) is 21.8. The molecule has 2 aliphatic heterocycles. The van der Waals surface area contributed by atoms with Gasteiger partial charge in [-0.2, -0.15) is 0 Å². The monoisotopic (exact) mass is 647 g/mol. The standard InChI is InChI=1S/C35H45N5O7/c1-34(2,3)47-33(43)38-18-19-39(27(21-38)20-25-12-8-6-9-13-25)31(41)29-30(26-14-10-7-11-15-26)40(24-36-29)28-22-37(32(42)46-5)17-16-35(28,44)23-45-4/h6-15,24,27-28,44H,16-23H2,1-5H3/t27-,28?,35?/m1/s1. The lowest BCUT2D eigenvalue weighted by Gasteiger charge is -2.44. The van der Waals surface area contributed by atoms with E-state index < -0.39 is 29.4 Å². The summed E-state index contributed by atoms with van der Waals surface area (Å²) >= 11 is 0. The van der Waals surface area contributed by atoms with Crippen molar-refractivity contribution in [1.29, 1.82) is 0 Å². The molecule has 3 heterocycles. The van der Waals surface area contributed by atoms with Crippen molar-refractivity contribution in [2.75, 3.05) is 53.6 Å². The maximum atomic E-state index is 14.6. The average Bonchev–Trinajstić information content (AvgIpc) is 3.49. The molecule has 2 aliphatic rings. The molecular weight excluding hydrogens is 602 g/mol. The topological polar surface area (TPSA) is 127 Å². The molecular formula is C35H45N5O7. The van der Waals surface area contributed by atoms with E-state index in [1.165, 1.54) is 19.1 Å². The minimum atomic E-state index is -1.35. The second kappa shape index (κ2) is 14.1. The molecule has 3 atom stereocenters. The van der Waals surface area contributed by atoms with Crippen LogP contribution in [0.4, 0.5) is 9.59 Å². The van der Waals surface area contributed by atoms with Gasteiger partial charge in [0.05, 0.1) is 37.8 Å². The number of hydrogen-bond acceptors (Lipinski definition) is 8. The van der Waals surface area contributed by atoms with Gasteiger partial charge in [-0.15, -0.1) is 0 Å². The van der Waals surface area contributed by atoms with Gasteiger partial charge < -0.3 is 38.6 Å². The molecule has 0 bridgehead atoms. The zero-order valence-corrected chi connectivity index (χ0v) is 27.8. The van der Waals surface area contributed by atoms with E-state index in [0.717, 1.165) is 11.1 Å². The molecule has 0 spiro atoms. The quantitative estimate of drug-likeness (QED) is 0.404. The summed E-state index contributed by atoms with van der Waals surface area (Å²) in [6, 6.07) is 18.2. The molecule has 0 aliphatic carbocycles. The first-order valence-electron chi connectivity index (χ1n) is 15.9. The van der Waals surface area contributed by atoms with Gasteiger partial charge in [0.15, 0.2) is 5.69 Å². The Morgan fingerprint density at radius 1 is 0.915 bits per heavy atom. The molecule has 3 amide bonds. The second-order valence-electron chi connectivity index (χ2n) is 13.2. The second-order valence-corrected chi connectivity index (χ2v) is 13.2. The van der Waals surface area contributed by atoms with E-state index in [9.17, 15) is 19.5 Å². The Bertz CT molecular complexity index is 1540. The van der Waals surface area contributed by atoms with Crippen LogP contribution in [0.15, 0.2) is 67.0 Å². The third kappa shape index (κ3) is 7.60. The summed E-state index contributed by atoms with van der Waals surface area (Å²) in [6.07, 6.45) is 1.41. The Morgan fingerprint density at radius 2 is 1.57 bits per heavy atom.